The SMILES string of the molecule is Nc1cccc(CCC(=O)N2CCCCCCC2)c1. The number of amides is 1. The molecule has 1 aliphatic heterocycles. The smallest absolute Gasteiger partial charge is 0.222 e. The van der Waals surface area contributed by atoms with Gasteiger partial charge >= 0.3 is 0 Å². The fourth-order valence-corrected chi connectivity index (χ4v) is 2.65. The molecule has 0 atom stereocenters. The third-order valence-electron chi connectivity index (χ3n) is 3.79. The van der Waals surface area contributed by atoms with Gasteiger partial charge in [0.05, 0.1) is 0 Å². The van der Waals surface area contributed by atoms with Crippen LogP contribution in [0.3, 0.4) is 0 Å². The third-order valence-corrected chi connectivity index (χ3v) is 3.79. The minimum atomic E-state index is 0.296. The molecule has 1 aliphatic rings. The number of hydrogen-bond donors (Lipinski definition) is 1. The molecule has 2 rings (SSSR count). The lowest BCUT2D eigenvalue weighted by molar-refractivity contribution is -0.131. The molecule has 0 saturated carbocycles. The van der Waals surface area contributed by atoms with Gasteiger partial charge in [0.2, 0.25) is 5.91 Å². The monoisotopic (exact) mass is 260 g/mol. The average Bonchev–Trinajstić information content (AvgIpc) is 2.36. The van der Waals surface area contributed by atoms with Crippen LogP contribution in [-0.2, 0) is 11.2 Å². The van der Waals surface area contributed by atoms with Gasteiger partial charge in [0, 0.05) is 25.2 Å². The summed E-state index contributed by atoms with van der Waals surface area (Å²) in [6.45, 7) is 1.88. The highest BCUT2D eigenvalue weighted by atomic mass is 16.2. The van der Waals surface area contributed by atoms with Gasteiger partial charge in [-0.05, 0) is 37.0 Å². The second-order valence-corrected chi connectivity index (χ2v) is 5.39. The summed E-state index contributed by atoms with van der Waals surface area (Å²) >= 11 is 0. The predicted octanol–water partition coefficient (Wildman–Crippen LogP) is 2.99. The van der Waals surface area contributed by atoms with E-state index in [4.69, 9.17) is 5.73 Å². The van der Waals surface area contributed by atoms with E-state index in [0.29, 0.717) is 12.3 Å². The second-order valence-electron chi connectivity index (χ2n) is 5.39. The van der Waals surface area contributed by atoms with Crippen molar-refractivity contribution in [2.45, 2.75) is 44.9 Å². The lowest BCUT2D eigenvalue weighted by Gasteiger charge is -2.24. The van der Waals surface area contributed by atoms with Gasteiger partial charge in [-0.3, -0.25) is 4.79 Å². The van der Waals surface area contributed by atoms with Crippen molar-refractivity contribution in [2.24, 2.45) is 0 Å². The van der Waals surface area contributed by atoms with Crippen LogP contribution in [0.15, 0.2) is 24.3 Å². The van der Waals surface area contributed by atoms with E-state index in [1.165, 1.54) is 19.3 Å². The first kappa shape index (κ1) is 13.9. The first-order valence-electron chi connectivity index (χ1n) is 7.38. The first-order chi connectivity index (χ1) is 9.25. The Bertz CT molecular complexity index is 409. The zero-order valence-corrected chi connectivity index (χ0v) is 11.6. The van der Waals surface area contributed by atoms with Crippen LogP contribution in [0, 0.1) is 0 Å². The molecule has 1 aromatic rings. The van der Waals surface area contributed by atoms with Gasteiger partial charge in [-0.15, -0.1) is 0 Å². The van der Waals surface area contributed by atoms with Crippen molar-refractivity contribution in [1.82, 2.24) is 4.90 Å². The van der Waals surface area contributed by atoms with Crippen molar-refractivity contribution in [3.63, 3.8) is 0 Å². The highest BCUT2D eigenvalue weighted by molar-refractivity contribution is 5.76. The van der Waals surface area contributed by atoms with Crippen LogP contribution in [0.4, 0.5) is 5.69 Å². The van der Waals surface area contributed by atoms with E-state index in [0.717, 1.165) is 43.6 Å². The molecular formula is C16H24N2O. The van der Waals surface area contributed by atoms with Crippen molar-refractivity contribution >= 4 is 11.6 Å². The number of carbonyl (C=O) groups excluding carboxylic acids is 1. The molecule has 0 bridgehead atoms. The Balaban J connectivity index is 1.82. The highest BCUT2D eigenvalue weighted by Gasteiger charge is 2.14. The Morgan fingerprint density at radius 3 is 2.47 bits per heavy atom. The number of carbonyl (C=O) groups is 1. The van der Waals surface area contributed by atoms with Crippen LogP contribution in [-0.4, -0.2) is 23.9 Å². The van der Waals surface area contributed by atoms with E-state index in [9.17, 15) is 4.79 Å². The molecule has 0 unspecified atom stereocenters. The Hall–Kier alpha value is -1.51. The molecule has 1 saturated heterocycles. The Morgan fingerprint density at radius 1 is 1.11 bits per heavy atom. The summed E-state index contributed by atoms with van der Waals surface area (Å²) in [6, 6.07) is 7.83. The van der Waals surface area contributed by atoms with E-state index in [1.54, 1.807) is 0 Å². The van der Waals surface area contributed by atoms with Gasteiger partial charge < -0.3 is 10.6 Å². The van der Waals surface area contributed by atoms with E-state index in [-0.39, 0.29) is 0 Å². The summed E-state index contributed by atoms with van der Waals surface area (Å²) < 4.78 is 0. The van der Waals surface area contributed by atoms with E-state index < -0.39 is 0 Å². The second kappa shape index (κ2) is 7.17. The molecule has 1 aromatic carbocycles. The molecule has 1 fully saturated rings. The van der Waals surface area contributed by atoms with Crippen molar-refractivity contribution in [3.05, 3.63) is 29.8 Å². The number of rotatable bonds is 3. The standard InChI is InChI=1S/C16H24N2O/c17-15-8-6-7-14(13-15)9-10-16(19)18-11-4-2-1-3-5-12-18/h6-8,13H,1-5,9-12,17H2. The van der Waals surface area contributed by atoms with Gasteiger partial charge in [0.25, 0.3) is 0 Å². The largest absolute Gasteiger partial charge is 0.399 e. The summed E-state index contributed by atoms with van der Waals surface area (Å²) in [6.07, 6.45) is 7.56. The maximum atomic E-state index is 12.2. The average molecular weight is 260 g/mol. The molecule has 0 radical (unpaired) electrons. The maximum absolute atomic E-state index is 12.2. The van der Waals surface area contributed by atoms with Gasteiger partial charge in [0.1, 0.15) is 0 Å². The van der Waals surface area contributed by atoms with Gasteiger partial charge in [-0.1, -0.05) is 31.4 Å². The van der Waals surface area contributed by atoms with Crippen molar-refractivity contribution in [3.8, 4) is 0 Å². The van der Waals surface area contributed by atoms with Crippen LogP contribution in [0.1, 0.15) is 44.1 Å². The summed E-state index contributed by atoms with van der Waals surface area (Å²) in [5.74, 6) is 0.296. The number of aryl methyl sites for hydroxylation is 1. The molecule has 1 amide bonds. The van der Waals surface area contributed by atoms with Crippen LogP contribution in [0.2, 0.25) is 0 Å². The molecule has 104 valence electrons. The quantitative estimate of drug-likeness (QED) is 0.849. The Labute approximate surface area is 115 Å². The van der Waals surface area contributed by atoms with E-state index in [2.05, 4.69) is 0 Å². The number of nitrogens with two attached hydrogens (primary N) is 1. The van der Waals surface area contributed by atoms with E-state index >= 15 is 0 Å². The lowest BCUT2D eigenvalue weighted by Crippen LogP contribution is -2.33. The summed E-state index contributed by atoms with van der Waals surface area (Å²) in [4.78, 5) is 14.3. The zero-order valence-electron chi connectivity index (χ0n) is 11.6. The summed E-state index contributed by atoms with van der Waals surface area (Å²) in [5.41, 5.74) is 7.68. The maximum Gasteiger partial charge on any atom is 0.222 e. The molecule has 2 N–H and O–H groups in total. The number of nitrogens with zero attached hydrogens (tertiary/aromatic N) is 1. The van der Waals surface area contributed by atoms with Crippen molar-refractivity contribution in [1.29, 1.82) is 0 Å². The highest BCUT2D eigenvalue weighted by Crippen LogP contribution is 2.13. The summed E-state index contributed by atoms with van der Waals surface area (Å²) in [7, 11) is 0. The first-order valence-corrected chi connectivity index (χ1v) is 7.38. The zero-order chi connectivity index (χ0) is 13.5. The lowest BCUT2D eigenvalue weighted by atomic mass is 10.1. The predicted molar refractivity (Wildman–Crippen MR) is 78.8 cm³/mol. The molecule has 0 spiro atoms. The molecule has 3 nitrogen and oxygen atoms in total. The number of benzene rings is 1. The summed E-state index contributed by atoms with van der Waals surface area (Å²) in [5, 5.41) is 0. The van der Waals surface area contributed by atoms with Crippen LogP contribution < -0.4 is 5.73 Å². The number of nitrogen functional groups attached to an aromatic ring is 1. The van der Waals surface area contributed by atoms with Crippen molar-refractivity contribution in [2.75, 3.05) is 18.8 Å². The van der Waals surface area contributed by atoms with Gasteiger partial charge in [0.15, 0.2) is 0 Å². The minimum absolute atomic E-state index is 0.296. The van der Waals surface area contributed by atoms with Crippen LogP contribution in [0.25, 0.3) is 0 Å². The van der Waals surface area contributed by atoms with Crippen molar-refractivity contribution < 1.29 is 4.79 Å². The molecule has 0 aliphatic carbocycles. The fourth-order valence-electron chi connectivity index (χ4n) is 2.65. The fraction of sp³-hybridized carbons (Fsp3) is 0.562. The normalized spacial score (nSPS) is 16.7. The molecule has 19 heavy (non-hydrogen) atoms. The topological polar surface area (TPSA) is 46.3 Å². The number of likely N-dealkylation sites (tertiary alicyclic amines) is 1. The molecular weight excluding hydrogens is 236 g/mol. The number of hydrogen-bond acceptors (Lipinski definition) is 2. The van der Waals surface area contributed by atoms with Gasteiger partial charge in [-0.25, -0.2) is 0 Å². The number of anilines is 1. The Kier molecular flexibility index (Phi) is 5.25. The van der Waals surface area contributed by atoms with Gasteiger partial charge in [-0.2, -0.15) is 0 Å². The third kappa shape index (κ3) is 4.58. The molecule has 3 heteroatoms. The minimum Gasteiger partial charge on any atom is -0.399 e. The van der Waals surface area contributed by atoms with Crippen LogP contribution in [0.5, 0.6) is 0 Å². The molecule has 1 heterocycles. The van der Waals surface area contributed by atoms with Crippen LogP contribution >= 0.6 is 0 Å². The van der Waals surface area contributed by atoms with E-state index in [1.807, 2.05) is 29.2 Å². The molecule has 0 aromatic heterocycles. The Morgan fingerprint density at radius 2 is 1.79 bits per heavy atom.